The molecule has 0 aromatic heterocycles. The van der Waals surface area contributed by atoms with Gasteiger partial charge in [0.1, 0.15) is 11.6 Å². The summed E-state index contributed by atoms with van der Waals surface area (Å²) < 4.78 is 18.7. The van der Waals surface area contributed by atoms with E-state index in [2.05, 4.69) is 12.2 Å². The quantitative estimate of drug-likeness (QED) is 0.688. The normalized spacial score (nSPS) is 17.5. The number of halogens is 1. The highest BCUT2D eigenvalue weighted by atomic mass is 19.1. The van der Waals surface area contributed by atoms with E-state index in [-0.39, 0.29) is 18.0 Å². The lowest BCUT2D eigenvalue weighted by Gasteiger charge is -2.32. The predicted molar refractivity (Wildman–Crippen MR) is 82.1 cm³/mol. The number of aliphatic hydroxyl groups is 1. The maximum Gasteiger partial charge on any atom is 0.123 e. The Bertz CT molecular complexity index is 456. The lowest BCUT2D eigenvalue weighted by molar-refractivity contribution is 0.135. The summed E-state index contributed by atoms with van der Waals surface area (Å²) in [5.41, 5.74) is 0.637. The van der Waals surface area contributed by atoms with Crippen molar-refractivity contribution in [2.45, 2.75) is 57.5 Å². The van der Waals surface area contributed by atoms with E-state index >= 15 is 0 Å². The van der Waals surface area contributed by atoms with Crippen molar-refractivity contribution < 1.29 is 14.2 Å². The minimum absolute atomic E-state index is 0.162. The fourth-order valence-electron chi connectivity index (χ4n) is 2.62. The van der Waals surface area contributed by atoms with Gasteiger partial charge in [0.15, 0.2) is 0 Å². The third-order valence-corrected chi connectivity index (χ3v) is 4.26. The van der Waals surface area contributed by atoms with Gasteiger partial charge in [-0.15, -0.1) is 0 Å². The number of rotatable bonds is 9. The van der Waals surface area contributed by atoms with Gasteiger partial charge in [0, 0.05) is 11.6 Å². The van der Waals surface area contributed by atoms with Gasteiger partial charge in [0.25, 0.3) is 0 Å². The summed E-state index contributed by atoms with van der Waals surface area (Å²) in [7, 11) is 0. The van der Waals surface area contributed by atoms with Crippen molar-refractivity contribution in [1.29, 1.82) is 0 Å². The van der Waals surface area contributed by atoms with Crippen molar-refractivity contribution in [1.82, 2.24) is 5.32 Å². The number of benzene rings is 1. The van der Waals surface area contributed by atoms with Gasteiger partial charge in [0.2, 0.25) is 0 Å². The summed E-state index contributed by atoms with van der Waals surface area (Å²) in [4.78, 5) is 0. The standard InChI is InChI=1S/C17H26FNO2/c1-3-17(12-20,19-15-6-7-15)9-4-10-21-16-8-5-14(18)11-13(16)2/h5,8,11,15,19-20H,3-4,6-7,9-10,12H2,1-2H3. The first kappa shape index (κ1) is 16.2. The van der Waals surface area contributed by atoms with Gasteiger partial charge < -0.3 is 15.2 Å². The molecule has 2 rings (SSSR count). The minimum Gasteiger partial charge on any atom is -0.493 e. The molecule has 4 heteroatoms. The van der Waals surface area contributed by atoms with E-state index in [0.717, 1.165) is 30.6 Å². The largest absolute Gasteiger partial charge is 0.493 e. The van der Waals surface area contributed by atoms with Crippen LogP contribution in [0.5, 0.6) is 5.75 Å². The van der Waals surface area contributed by atoms with Crippen molar-refractivity contribution in [3.05, 3.63) is 29.6 Å². The third-order valence-electron chi connectivity index (χ3n) is 4.26. The molecular weight excluding hydrogens is 269 g/mol. The zero-order chi connectivity index (χ0) is 15.3. The van der Waals surface area contributed by atoms with Gasteiger partial charge in [-0.3, -0.25) is 0 Å². The molecule has 21 heavy (non-hydrogen) atoms. The Morgan fingerprint density at radius 1 is 1.43 bits per heavy atom. The maximum absolute atomic E-state index is 13.0. The van der Waals surface area contributed by atoms with Crippen molar-refractivity contribution in [2.24, 2.45) is 0 Å². The molecule has 0 spiro atoms. The van der Waals surface area contributed by atoms with Crippen LogP contribution in [0.4, 0.5) is 4.39 Å². The molecule has 1 fully saturated rings. The molecule has 1 atom stereocenters. The van der Waals surface area contributed by atoms with Crippen molar-refractivity contribution >= 4 is 0 Å². The van der Waals surface area contributed by atoms with E-state index in [1.807, 2.05) is 6.92 Å². The van der Waals surface area contributed by atoms with Crippen molar-refractivity contribution in [3.63, 3.8) is 0 Å². The van der Waals surface area contributed by atoms with Crippen LogP contribution >= 0.6 is 0 Å². The Morgan fingerprint density at radius 2 is 2.19 bits per heavy atom. The molecule has 0 amide bonds. The Kier molecular flexibility index (Phi) is 5.59. The topological polar surface area (TPSA) is 41.5 Å². The van der Waals surface area contributed by atoms with Gasteiger partial charge in [-0.05, 0) is 62.8 Å². The van der Waals surface area contributed by atoms with Gasteiger partial charge in [-0.2, -0.15) is 0 Å². The van der Waals surface area contributed by atoms with Crippen LogP contribution in [0.2, 0.25) is 0 Å². The van der Waals surface area contributed by atoms with Crippen LogP contribution in [0, 0.1) is 12.7 Å². The number of hydrogen-bond donors (Lipinski definition) is 2. The molecule has 1 aliphatic carbocycles. The van der Waals surface area contributed by atoms with Gasteiger partial charge >= 0.3 is 0 Å². The van der Waals surface area contributed by atoms with Gasteiger partial charge in [-0.1, -0.05) is 6.92 Å². The SMILES string of the molecule is CCC(CO)(CCCOc1ccc(F)cc1C)NC1CC1. The zero-order valence-electron chi connectivity index (χ0n) is 13.0. The molecule has 0 radical (unpaired) electrons. The molecule has 1 aliphatic rings. The first-order valence-corrected chi connectivity index (χ1v) is 7.86. The molecule has 118 valence electrons. The molecule has 0 aliphatic heterocycles. The lowest BCUT2D eigenvalue weighted by Crippen LogP contribution is -2.49. The van der Waals surface area contributed by atoms with Crippen LogP contribution in [0.25, 0.3) is 0 Å². The third kappa shape index (κ3) is 4.68. The highest BCUT2D eigenvalue weighted by Gasteiger charge is 2.33. The summed E-state index contributed by atoms with van der Waals surface area (Å²) in [5.74, 6) is 0.497. The lowest BCUT2D eigenvalue weighted by atomic mass is 9.91. The van der Waals surface area contributed by atoms with Crippen molar-refractivity contribution in [2.75, 3.05) is 13.2 Å². The van der Waals surface area contributed by atoms with E-state index in [9.17, 15) is 9.50 Å². The average Bonchev–Trinajstić information content (AvgIpc) is 3.28. The average molecular weight is 295 g/mol. The second kappa shape index (κ2) is 7.23. The highest BCUT2D eigenvalue weighted by molar-refractivity contribution is 5.32. The smallest absolute Gasteiger partial charge is 0.123 e. The van der Waals surface area contributed by atoms with Crippen LogP contribution in [-0.2, 0) is 0 Å². The monoisotopic (exact) mass is 295 g/mol. The number of hydrogen-bond acceptors (Lipinski definition) is 3. The summed E-state index contributed by atoms with van der Waals surface area (Å²) in [6, 6.07) is 5.15. The fourth-order valence-corrected chi connectivity index (χ4v) is 2.62. The van der Waals surface area contributed by atoms with Gasteiger partial charge in [0.05, 0.1) is 13.2 Å². The van der Waals surface area contributed by atoms with Gasteiger partial charge in [-0.25, -0.2) is 4.39 Å². The second-order valence-corrected chi connectivity index (χ2v) is 6.07. The Labute approximate surface area is 126 Å². The number of aliphatic hydroxyl groups excluding tert-OH is 1. The number of nitrogens with one attached hydrogen (secondary N) is 1. The van der Waals surface area contributed by atoms with E-state index in [1.54, 1.807) is 6.07 Å². The van der Waals surface area contributed by atoms with E-state index < -0.39 is 0 Å². The summed E-state index contributed by atoms with van der Waals surface area (Å²) in [6.07, 6.45) is 5.09. The van der Waals surface area contributed by atoms with Crippen LogP contribution in [0.15, 0.2) is 18.2 Å². The van der Waals surface area contributed by atoms with E-state index in [4.69, 9.17) is 4.74 Å². The van der Waals surface area contributed by atoms with Crippen molar-refractivity contribution in [3.8, 4) is 5.75 Å². The summed E-state index contributed by atoms with van der Waals surface area (Å²) in [6.45, 7) is 4.70. The molecule has 1 saturated carbocycles. The Balaban J connectivity index is 1.79. The van der Waals surface area contributed by atoms with Crippen LogP contribution in [0.1, 0.15) is 44.6 Å². The molecule has 0 bridgehead atoms. The number of ether oxygens (including phenoxy) is 1. The Hall–Kier alpha value is -1.13. The van der Waals surface area contributed by atoms with E-state index in [0.29, 0.717) is 12.6 Å². The maximum atomic E-state index is 13.0. The predicted octanol–water partition coefficient (Wildman–Crippen LogP) is 3.19. The molecular formula is C17H26FNO2. The highest BCUT2D eigenvalue weighted by Crippen LogP contribution is 2.27. The van der Waals surface area contributed by atoms with Crippen LogP contribution < -0.4 is 10.1 Å². The molecule has 0 heterocycles. The fraction of sp³-hybridized carbons (Fsp3) is 0.647. The van der Waals surface area contributed by atoms with Crippen LogP contribution in [0.3, 0.4) is 0 Å². The molecule has 1 aromatic rings. The molecule has 1 aromatic carbocycles. The molecule has 0 saturated heterocycles. The second-order valence-electron chi connectivity index (χ2n) is 6.07. The van der Waals surface area contributed by atoms with Crippen LogP contribution in [-0.4, -0.2) is 29.9 Å². The summed E-state index contributed by atoms with van der Waals surface area (Å²) >= 11 is 0. The number of aryl methyl sites for hydroxylation is 1. The Morgan fingerprint density at radius 3 is 2.76 bits per heavy atom. The zero-order valence-corrected chi connectivity index (χ0v) is 13.0. The molecule has 1 unspecified atom stereocenters. The van der Waals surface area contributed by atoms with E-state index in [1.165, 1.54) is 25.0 Å². The summed E-state index contributed by atoms with van der Waals surface area (Å²) in [5, 5.41) is 13.3. The first-order chi connectivity index (χ1) is 10.1. The molecule has 3 nitrogen and oxygen atoms in total. The first-order valence-electron chi connectivity index (χ1n) is 7.86. The minimum atomic E-state index is -0.237. The molecule has 2 N–H and O–H groups in total.